The van der Waals surface area contributed by atoms with E-state index in [9.17, 15) is 4.79 Å². The number of benzene rings is 1. The molecule has 17 heavy (non-hydrogen) atoms. The fourth-order valence-electron chi connectivity index (χ4n) is 1.41. The van der Waals surface area contributed by atoms with Gasteiger partial charge in [0.05, 0.1) is 0 Å². The monoisotopic (exact) mass is 238 g/mol. The molecular formula is C10H15BN2O4. The molecule has 0 aliphatic carbocycles. The third-order valence-corrected chi connectivity index (χ3v) is 2.51. The number of rotatable bonds is 4. The normalized spacial score (nSPS) is 14.1. The summed E-state index contributed by atoms with van der Waals surface area (Å²) in [5.74, 6) is -1.12. The quantitative estimate of drug-likeness (QED) is 0.314. The third kappa shape index (κ3) is 3.19. The summed E-state index contributed by atoms with van der Waals surface area (Å²) in [4.78, 5) is 10.9. The Kier molecular flexibility index (Phi) is 3.77. The zero-order valence-electron chi connectivity index (χ0n) is 9.42. The van der Waals surface area contributed by atoms with Gasteiger partial charge in [0, 0.05) is 12.1 Å². The lowest BCUT2D eigenvalue weighted by Crippen LogP contribution is -2.47. The van der Waals surface area contributed by atoms with Crippen LogP contribution >= 0.6 is 0 Å². The van der Waals surface area contributed by atoms with Crippen molar-refractivity contribution in [1.82, 2.24) is 0 Å². The van der Waals surface area contributed by atoms with Gasteiger partial charge >= 0.3 is 13.1 Å². The van der Waals surface area contributed by atoms with Crippen molar-refractivity contribution in [2.75, 3.05) is 5.73 Å². The summed E-state index contributed by atoms with van der Waals surface area (Å²) in [6, 6.07) is 4.39. The first-order chi connectivity index (χ1) is 7.74. The van der Waals surface area contributed by atoms with Crippen LogP contribution in [0.4, 0.5) is 5.69 Å². The summed E-state index contributed by atoms with van der Waals surface area (Å²) in [5.41, 5.74) is 11.0. The van der Waals surface area contributed by atoms with Gasteiger partial charge in [-0.25, -0.2) is 0 Å². The first kappa shape index (κ1) is 13.5. The van der Waals surface area contributed by atoms with E-state index < -0.39 is 18.6 Å². The van der Waals surface area contributed by atoms with Gasteiger partial charge in [0.25, 0.3) is 0 Å². The Labute approximate surface area is 99.0 Å². The number of anilines is 1. The van der Waals surface area contributed by atoms with Gasteiger partial charge in [-0.3, -0.25) is 4.79 Å². The van der Waals surface area contributed by atoms with E-state index in [4.69, 9.17) is 26.6 Å². The third-order valence-electron chi connectivity index (χ3n) is 2.51. The van der Waals surface area contributed by atoms with Crippen LogP contribution in [0.15, 0.2) is 18.2 Å². The van der Waals surface area contributed by atoms with Gasteiger partial charge in [-0.15, -0.1) is 0 Å². The number of carboxylic acid groups (broad SMARTS) is 1. The van der Waals surface area contributed by atoms with Crippen LogP contribution in [0.1, 0.15) is 12.5 Å². The van der Waals surface area contributed by atoms with Crippen molar-refractivity contribution in [2.24, 2.45) is 5.73 Å². The lowest BCUT2D eigenvalue weighted by Gasteiger charge is -2.20. The minimum atomic E-state index is -1.60. The molecule has 0 amide bonds. The second kappa shape index (κ2) is 4.74. The number of aliphatic carboxylic acids is 1. The highest BCUT2D eigenvalue weighted by molar-refractivity contribution is 6.58. The largest absolute Gasteiger partial charge is 0.488 e. The van der Waals surface area contributed by atoms with Gasteiger partial charge in [-0.2, -0.15) is 0 Å². The molecule has 0 saturated heterocycles. The first-order valence-corrected chi connectivity index (χ1v) is 5.01. The van der Waals surface area contributed by atoms with E-state index >= 15 is 0 Å². The topological polar surface area (TPSA) is 130 Å². The Balaban J connectivity index is 2.98. The van der Waals surface area contributed by atoms with E-state index in [1.165, 1.54) is 25.1 Å². The molecule has 1 aromatic rings. The minimum absolute atomic E-state index is 0.0654. The van der Waals surface area contributed by atoms with Crippen molar-refractivity contribution in [3.05, 3.63) is 23.8 Å². The maximum absolute atomic E-state index is 10.9. The van der Waals surface area contributed by atoms with Gasteiger partial charge in [-0.1, -0.05) is 12.1 Å². The molecule has 0 unspecified atom stereocenters. The highest BCUT2D eigenvalue weighted by Crippen LogP contribution is 2.16. The molecule has 7 heteroatoms. The Bertz CT molecular complexity index is 434. The lowest BCUT2D eigenvalue weighted by molar-refractivity contribution is -0.142. The van der Waals surface area contributed by atoms with E-state index in [1.807, 2.05) is 0 Å². The highest BCUT2D eigenvalue weighted by Gasteiger charge is 2.29. The molecule has 0 bridgehead atoms. The predicted molar refractivity (Wildman–Crippen MR) is 64.6 cm³/mol. The molecule has 92 valence electrons. The summed E-state index contributed by atoms with van der Waals surface area (Å²) in [6.07, 6.45) is 0.0654. The van der Waals surface area contributed by atoms with Gasteiger partial charge < -0.3 is 26.6 Å². The zero-order chi connectivity index (χ0) is 13.2. The second-order valence-electron chi connectivity index (χ2n) is 4.23. The summed E-state index contributed by atoms with van der Waals surface area (Å²) >= 11 is 0. The molecule has 0 aromatic heterocycles. The summed E-state index contributed by atoms with van der Waals surface area (Å²) in [5, 5.41) is 26.8. The van der Waals surface area contributed by atoms with Crippen LogP contribution in [-0.4, -0.2) is 33.8 Å². The molecule has 0 spiro atoms. The molecule has 0 saturated carbocycles. The Morgan fingerprint density at radius 3 is 2.47 bits per heavy atom. The molecule has 0 heterocycles. The maximum atomic E-state index is 10.9. The highest BCUT2D eigenvalue weighted by atomic mass is 16.4. The number of carbonyl (C=O) groups is 1. The predicted octanol–water partition coefficient (Wildman–Crippen LogP) is -1.71. The van der Waals surface area contributed by atoms with Gasteiger partial charge in [0.15, 0.2) is 0 Å². The van der Waals surface area contributed by atoms with Gasteiger partial charge in [0.2, 0.25) is 0 Å². The number of carboxylic acids is 1. The van der Waals surface area contributed by atoms with Gasteiger partial charge in [-0.05, 0) is 24.0 Å². The van der Waals surface area contributed by atoms with Crippen LogP contribution in [-0.2, 0) is 11.2 Å². The van der Waals surface area contributed by atoms with Crippen molar-refractivity contribution in [3.63, 3.8) is 0 Å². The minimum Gasteiger partial charge on any atom is -0.480 e. The number of nitrogen functional groups attached to an aromatic ring is 1. The Morgan fingerprint density at radius 2 is 2.06 bits per heavy atom. The first-order valence-electron chi connectivity index (χ1n) is 5.01. The van der Waals surface area contributed by atoms with Crippen LogP contribution in [0.2, 0.25) is 0 Å². The molecule has 1 rings (SSSR count). The molecule has 0 fully saturated rings. The Hall–Kier alpha value is -1.57. The summed E-state index contributed by atoms with van der Waals surface area (Å²) in [7, 11) is -1.60. The van der Waals surface area contributed by atoms with Crippen molar-refractivity contribution >= 4 is 24.2 Å². The maximum Gasteiger partial charge on any atom is 0.488 e. The Morgan fingerprint density at radius 1 is 1.47 bits per heavy atom. The molecule has 0 radical (unpaired) electrons. The molecule has 1 atom stereocenters. The summed E-state index contributed by atoms with van der Waals surface area (Å²) in [6.45, 7) is 1.39. The fraction of sp³-hybridized carbons (Fsp3) is 0.300. The van der Waals surface area contributed by atoms with Crippen LogP contribution in [0.25, 0.3) is 0 Å². The van der Waals surface area contributed by atoms with E-state index in [0.717, 1.165) is 0 Å². The van der Waals surface area contributed by atoms with E-state index in [1.54, 1.807) is 0 Å². The van der Waals surface area contributed by atoms with E-state index in [-0.39, 0.29) is 17.6 Å². The smallest absolute Gasteiger partial charge is 0.480 e. The fourth-order valence-corrected chi connectivity index (χ4v) is 1.41. The second-order valence-corrected chi connectivity index (χ2v) is 4.23. The van der Waals surface area contributed by atoms with Crippen LogP contribution in [0.3, 0.4) is 0 Å². The van der Waals surface area contributed by atoms with Crippen LogP contribution < -0.4 is 16.9 Å². The van der Waals surface area contributed by atoms with Crippen molar-refractivity contribution in [2.45, 2.75) is 18.9 Å². The molecule has 1 aromatic carbocycles. The molecular weight excluding hydrogens is 223 g/mol. The van der Waals surface area contributed by atoms with E-state index in [2.05, 4.69) is 0 Å². The van der Waals surface area contributed by atoms with Crippen LogP contribution in [0, 0.1) is 0 Å². The van der Waals surface area contributed by atoms with E-state index in [0.29, 0.717) is 5.56 Å². The molecule has 6 nitrogen and oxygen atoms in total. The van der Waals surface area contributed by atoms with Crippen molar-refractivity contribution < 1.29 is 19.9 Å². The molecule has 7 N–H and O–H groups in total. The average Bonchev–Trinajstić information content (AvgIpc) is 2.20. The van der Waals surface area contributed by atoms with Crippen molar-refractivity contribution in [3.8, 4) is 0 Å². The van der Waals surface area contributed by atoms with Gasteiger partial charge in [0.1, 0.15) is 5.54 Å². The number of hydrogen-bond donors (Lipinski definition) is 5. The molecule has 0 aliphatic heterocycles. The SMILES string of the molecule is C[C@](N)(Cc1ccc(B(O)O)cc1N)C(=O)O. The lowest BCUT2D eigenvalue weighted by atomic mass is 9.79. The molecule has 0 aliphatic rings. The standard InChI is InChI=1S/C10H15BN2O4/c1-10(13,9(14)15)5-6-2-3-7(11(16)17)4-8(6)12/h2-4,16-17H,5,12-13H2,1H3,(H,14,15)/t10-/m0/s1. The zero-order valence-corrected chi connectivity index (χ0v) is 9.42. The summed E-state index contributed by atoms with van der Waals surface area (Å²) < 4.78 is 0. The van der Waals surface area contributed by atoms with Crippen LogP contribution in [0.5, 0.6) is 0 Å². The number of nitrogens with two attached hydrogens (primary N) is 2. The number of hydrogen-bond acceptors (Lipinski definition) is 5. The van der Waals surface area contributed by atoms with Crippen molar-refractivity contribution in [1.29, 1.82) is 0 Å². The average molecular weight is 238 g/mol.